The third-order valence-corrected chi connectivity index (χ3v) is 2.63. The number of hydrogen-bond donors (Lipinski definition) is 2. The summed E-state index contributed by atoms with van der Waals surface area (Å²) >= 11 is 0. The Hall–Kier alpha value is -1.06. The molecule has 1 rings (SSSR count). The van der Waals surface area contributed by atoms with Crippen molar-refractivity contribution in [2.75, 3.05) is 0 Å². The molecule has 0 spiro atoms. The molecule has 1 saturated carbocycles. The van der Waals surface area contributed by atoms with Crippen molar-refractivity contribution in [1.82, 2.24) is 5.32 Å². The van der Waals surface area contributed by atoms with E-state index in [1.54, 1.807) is 0 Å². The number of rotatable bonds is 4. The fourth-order valence-electron chi connectivity index (χ4n) is 1.98. The Morgan fingerprint density at radius 1 is 1.46 bits per heavy atom. The zero-order valence-electron chi connectivity index (χ0n) is 7.53. The van der Waals surface area contributed by atoms with E-state index < -0.39 is 5.97 Å². The van der Waals surface area contributed by atoms with Crippen molar-refractivity contribution in [3.63, 3.8) is 0 Å². The van der Waals surface area contributed by atoms with E-state index in [-0.39, 0.29) is 18.4 Å². The molecule has 2 N–H and O–H groups in total. The Morgan fingerprint density at radius 3 is 2.77 bits per heavy atom. The Morgan fingerprint density at radius 2 is 2.15 bits per heavy atom. The van der Waals surface area contributed by atoms with Crippen molar-refractivity contribution in [2.24, 2.45) is 5.92 Å². The molecular formula is C9H15NO3. The Balaban J connectivity index is 2.45. The highest BCUT2D eigenvalue weighted by molar-refractivity contribution is 5.67. The summed E-state index contributed by atoms with van der Waals surface area (Å²) in [4.78, 5) is 20.7. The molecule has 13 heavy (non-hydrogen) atoms. The van der Waals surface area contributed by atoms with E-state index in [4.69, 9.17) is 5.11 Å². The van der Waals surface area contributed by atoms with Crippen LogP contribution in [-0.2, 0) is 9.59 Å². The van der Waals surface area contributed by atoms with Gasteiger partial charge in [-0.3, -0.25) is 9.59 Å². The van der Waals surface area contributed by atoms with Crippen molar-refractivity contribution in [1.29, 1.82) is 0 Å². The lowest BCUT2D eigenvalue weighted by Gasteiger charge is -2.29. The fourth-order valence-corrected chi connectivity index (χ4v) is 1.98. The van der Waals surface area contributed by atoms with Crippen LogP contribution >= 0.6 is 0 Å². The van der Waals surface area contributed by atoms with E-state index >= 15 is 0 Å². The van der Waals surface area contributed by atoms with E-state index in [1.165, 1.54) is 0 Å². The fraction of sp³-hybridized carbons (Fsp3) is 0.778. The molecule has 2 atom stereocenters. The van der Waals surface area contributed by atoms with E-state index in [9.17, 15) is 9.59 Å². The number of amides is 1. The van der Waals surface area contributed by atoms with Crippen LogP contribution in [0.4, 0.5) is 0 Å². The topological polar surface area (TPSA) is 66.4 Å². The predicted octanol–water partition coefficient (Wildman–Crippen LogP) is 0.766. The molecule has 0 aliphatic heterocycles. The van der Waals surface area contributed by atoms with Crippen molar-refractivity contribution >= 4 is 12.4 Å². The molecule has 0 unspecified atom stereocenters. The second kappa shape index (κ2) is 4.84. The van der Waals surface area contributed by atoms with E-state index in [1.807, 2.05) is 0 Å². The lowest BCUT2D eigenvalue weighted by Crippen LogP contribution is -2.38. The number of carbonyl (C=O) groups excluding carboxylic acids is 1. The zero-order valence-corrected chi connectivity index (χ0v) is 7.53. The molecular weight excluding hydrogens is 170 g/mol. The van der Waals surface area contributed by atoms with Crippen LogP contribution in [0.2, 0.25) is 0 Å². The maximum atomic E-state index is 10.5. The van der Waals surface area contributed by atoms with Gasteiger partial charge in [0.1, 0.15) is 0 Å². The molecule has 1 aliphatic carbocycles. The van der Waals surface area contributed by atoms with E-state index in [0.717, 1.165) is 25.7 Å². The van der Waals surface area contributed by atoms with Gasteiger partial charge in [-0.25, -0.2) is 0 Å². The third kappa shape index (κ3) is 3.05. The van der Waals surface area contributed by atoms with Gasteiger partial charge in [-0.15, -0.1) is 0 Å². The second-order valence-corrected chi connectivity index (χ2v) is 3.53. The van der Waals surface area contributed by atoms with Gasteiger partial charge in [-0.1, -0.05) is 12.8 Å². The predicted molar refractivity (Wildman–Crippen MR) is 47.2 cm³/mol. The summed E-state index contributed by atoms with van der Waals surface area (Å²) in [5.74, 6) is -0.652. The third-order valence-electron chi connectivity index (χ3n) is 2.63. The highest BCUT2D eigenvalue weighted by Gasteiger charge is 2.26. The summed E-state index contributed by atoms with van der Waals surface area (Å²) in [5.41, 5.74) is 0. The summed E-state index contributed by atoms with van der Waals surface area (Å²) in [6.07, 6.45) is 4.83. The SMILES string of the molecule is O=CN[C@H]1CCCC[C@H]1CC(=O)O. The molecule has 0 aromatic rings. The van der Waals surface area contributed by atoms with Crippen LogP contribution in [-0.4, -0.2) is 23.5 Å². The van der Waals surface area contributed by atoms with Gasteiger partial charge in [-0.2, -0.15) is 0 Å². The Kier molecular flexibility index (Phi) is 3.73. The van der Waals surface area contributed by atoms with Crippen LogP contribution in [0.15, 0.2) is 0 Å². The van der Waals surface area contributed by atoms with Crippen molar-refractivity contribution in [2.45, 2.75) is 38.1 Å². The quantitative estimate of drug-likeness (QED) is 0.635. The molecule has 0 radical (unpaired) electrons. The number of carboxylic acids is 1. The zero-order chi connectivity index (χ0) is 9.68. The van der Waals surface area contributed by atoms with Gasteiger partial charge in [-0.05, 0) is 18.8 Å². The minimum atomic E-state index is -0.774. The van der Waals surface area contributed by atoms with Crippen LogP contribution in [0.3, 0.4) is 0 Å². The van der Waals surface area contributed by atoms with Crippen LogP contribution in [0.25, 0.3) is 0 Å². The van der Waals surface area contributed by atoms with Gasteiger partial charge in [0.05, 0.1) is 6.42 Å². The van der Waals surface area contributed by atoms with Crippen molar-refractivity contribution in [3.05, 3.63) is 0 Å². The molecule has 0 saturated heterocycles. The maximum Gasteiger partial charge on any atom is 0.303 e. The average molecular weight is 185 g/mol. The van der Waals surface area contributed by atoms with Crippen molar-refractivity contribution < 1.29 is 14.7 Å². The summed E-state index contributed by atoms with van der Waals surface area (Å²) in [7, 11) is 0. The number of carbonyl (C=O) groups is 2. The first-order valence-corrected chi connectivity index (χ1v) is 4.65. The summed E-state index contributed by atoms with van der Waals surface area (Å²) < 4.78 is 0. The molecule has 0 aromatic carbocycles. The summed E-state index contributed by atoms with van der Waals surface area (Å²) in [5, 5.41) is 11.3. The molecule has 1 fully saturated rings. The minimum absolute atomic E-state index is 0.0716. The maximum absolute atomic E-state index is 10.5. The van der Waals surface area contributed by atoms with Gasteiger partial charge >= 0.3 is 5.97 Å². The van der Waals surface area contributed by atoms with E-state index in [0.29, 0.717) is 6.41 Å². The molecule has 1 amide bonds. The molecule has 74 valence electrons. The number of hydrogen-bond acceptors (Lipinski definition) is 2. The number of carboxylic acid groups (broad SMARTS) is 1. The number of aliphatic carboxylic acids is 1. The smallest absolute Gasteiger partial charge is 0.303 e. The highest BCUT2D eigenvalue weighted by atomic mass is 16.4. The molecule has 4 nitrogen and oxygen atoms in total. The van der Waals surface area contributed by atoms with Crippen molar-refractivity contribution in [3.8, 4) is 0 Å². The lowest BCUT2D eigenvalue weighted by molar-refractivity contribution is -0.138. The standard InChI is InChI=1S/C9H15NO3/c11-6-10-8-4-2-1-3-7(8)5-9(12)13/h6-8H,1-5H2,(H,10,11)(H,12,13)/t7-,8-/m0/s1. The Labute approximate surface area is 77.3 Å². The van der Waals surface area contributed by atoms with Gasteiger partial charge in [0, 0.05) is 6.04 Å². The van der Waals surface area contributed by atoms with Crippen LogP contribution in [0, 0.1) is 5.92 Å². The van der Waals surface area contributed by atoms with E-state index in [2.05, 4.69) is 5.32 Å². The van der Waals surface area contributed by atoms with Gasteiger partial charge in [0.15, 0.2) is 0 Å². The first-order chi connectivity index (χ1) is 6.24. The van der Waals surface area contributed by atoms with Crippen LogP contribution < -0.4 is 5.32 Å². The first kappa shape index (κ1) is 10.0. The Bertz CT molecular complexity index is 193. The highest BCUT2D eigenvalue weighted by Crippen LogP contribution is 2.26. The normalized spacial score (nSPS) is 28.0. The molecule has 4 heteroatoms. The molecule has 0 bridgehead atoms. The summed E-state index contributed by atoms with van der Waals surface area (Å²) in [6.45, 7) is 0. The average Bonchev–Trinajstić information content (AvgIpc) is 2.08. The largest absolute Gasteiger partial charge is 0.481 e. The van der Waals surface area contributed by atoms with Crippen LogP contribution in [0.1, 0.15) is 32.1 Å². The summed E-state index contributed by atoms with van der Waals surface area (Å²) in [6, 6.07) is 0.0716. The lowest BCUT2D eigenvalue weighted by atomic mass is 9.82. The first-order valence-electron chi connectivity index (χ1n) is 4.65. The monoisotopic (exact) mass is 185 g/mol. The molecule has 0 heterocycles. The van der Waals surface area contributed by atoms with Crippen LogP contribution in [0.5, 0.6) is 0 Å². The number of nitrogens with one attached hydrogen (secondary N) is 1. The van der Waals surface area contributed by atoms with Gasteiger partial charge in [0.2, 0.25) is 6.41 Å². The minimum Gasteiger partial charge on any atom is -0.481 e. The van der Waals surface area contributed by atoms with Gasteiger partial charge < -0.3 is 10.4 Å². The second-order valence-electron chi connectivity index (χ2n) is 3.53. The molecule has 1 aliphatic rings. The van der Waals surface area contributed by atoms with Gasteiger partial charge in [0.25, 0.3) is 0 Å². The molecule has 0 aromatic heterocycles.